The number of Topliss-reactive ketones (excluding diaryl/α,β-unsaturated/α-hetero) is 1. The van der Waals surface area contributed by atoms with Crippen molar-refractivity contribution in [2.24, 2.45) is 18.9 Å². The molecule has 2 unspecified atom stereocenters. The molecule has 0 bridgehead atoms. The van der Waals surface area contributed by atoms with Crippen molar-refractivity contribution in [1.29, 1.82) is 0 Å². The average Bonchev–Trinajstić information content (AvgIpc) is 3.38. The second-order valence-corrected chi connectivity index (χ2v) is 10.3. The maximum atomic E-state index is 13.5. The van der Waals surface area contributed by atoms with Crippen molar-refractivity contribution in [3.63, 3.8) is 0 Å². The molecule has 0 radical (unpaired) electrons. The van der Waals surface area contributed by atoms with Crippen molar-refractivity contribution in [3.05, 3.63) is 52.0 Å². The van der Waals surface area contributed by atoms with E-state index in [1.54, 1.807) is 4.90 Å². The van der Waals surface area contributed by atoms with Gasteiger partial charge in [0.15, 0.2) is 17.0 Å². The third-order valence-electron chi connectivity index (χ3n) is 7.55. The lowest BCUT2D eigenvalue weighted by Gasteiger charge is -2.20. The fourth-order valence-corrected chi connectivity index (χ4v) is 5.16. The Morgan fingerprint density at radius 2 is 1.80 bits per heavy atom. The molecule has 4 aromatic rings. The summed E-state index contributed by atoms with van der Waals surface area (Å²) < 4.78 is 30.3. The number of hydrogen-bond acceptors (Lipinski definition) is 10. The number of rotatable bonds is 7. The number of carbonyl (C=O) groups is 2. The highest BCUT2D eigenvalue weighted by Gasteiger charge is 2.71. The first kappa shape index (κ1) is 26.3. The SMILES string of the molecule is CC(=O)Cn1c(=O)c2c(ncn2[C@@H](C)C(=O)Nc2cncc(-c3cnc(N4CC5C(C4)C5(F)F)cn3)n2)n(C)c1=O. The first-order valence-corrected chi connectivity index (χ1v) is 12.7. The van der Waals surface area contributed by atoms with Crippen LogP contribution in [0.2, 0.25) is 0 Å². The van der Waals surface area contributed by atoms with Crippen molar-refractivity contribution in [2.45, 2.75) is 32.4 Å². The number of nitrogens with one attached hydrogen (secondary N) is 1. The van der Waals surface area contributed by atoms with Gasteiger partial charge in [0.25, 0.3) is 11.5 Å². The molecule has 6 rings (SSSR count). The van der Waals surface area contributed by atoms with Crippen molar-refractivity contribution in [3.8, 4) is 11.4 Å². The monoisotopic (exact) mass is 566 g/mol. The van der Waals surface area contributed by atoms with E-state index in [4.69, 9.17) is 0 Å². The van der Waals surface area contributed by atoms with Crippen molar-refractivity contribution in [2.75, 3.05) is 23.3 Å². The van der Waals surface area contributed by atoms with Crippen molar-refractivity contribution < 1.29 is 18.4 Å². The highest BCUT2D eigenvalue weighted by Crippen LogP contribution is 2.59. The molecule has 0 spiro atoms. The summed E-state index contributed by atoms with van der Waals surface area (Å²) in [6.07, 6.45) is 7.00. The number of aromatic nitrogens is 8. The van der Waals surface area contributed by atoms with Crippen LogP contribution in [-0.4, -0.2) is 69.3 Å². The van der Waals surface area contributed by atoms with E-state index < -0.39 is 47.5 Å². The topological polar surface area (TPSA) is 163 Å². The Morgan fingerprint density at radius 1 is 1.07 bits per heavy atom. The standard InChI is InChI=1S/C25H24F2N10O4/c1-12(38)8-36-23(40)20-21(34(3)24(36)41)31-11-37(20)13(2)22(39)33-18-6-28-4-17(32-18)16-5-30-19(7-29-16)35-9-14-15(10-35)25(14,26)27/h4-7,11,13-15H,8-10H2,1-3H3,(H,32,33,39)/t13-,14?,15?/m0/s1. The van der Waals surface area contributed by atoms with Gasteiger partial charge in [0.1, 0.15) is 29.0 Å². The van der Waals surface area contributed by atoms with Crippen LogP contribution in [0.25, 0.3) is 22.6 Å². The summed E-state index contributed by atoms with van der Waals surface area (Å²) >= 11 is 0. The molecule has 0 aromatic carbocycles. The lowest BCUT2D eigenvalue weighted by Crippen LogP contribution is -2.41. The molecule has 2 fully saturated rings. The number of carbonyl (C=O) groups excluding carboxylic acids is 2. The van der Waals surface area contributed by atoms with E-state index in [1.165, 1.54) is 56.6 Å². The molecule has 5 heterocycles. The van der Waals surface area contributed by atoms with Crippen molar-refractivity contribution >= 4 is 34.5 Å². The molecule has 1 N–H and O–H groups in total. The minimum atomic E-state index is -2.58. The first-order chi connectivity index (χ1) is 19.5. The van der Waals surface area contributed by atoms with E-state index >= 15 is 0 Å². The number of hydrogen-bond donors (Lipinski definition) is 1. The maximum Gasteiger partial charge on any atom is 0.332 e. The number of halogens is 2. The van der Waals surface area contributed by atoms with Crippen LogP contribution in [0.1, 0.15) is 19.9 Å². The molecule has 14 nitrogen and oxygen atoms in total. The molecule has 1 amide bonds. The number of ketones is 1. The normalized spacial score (nSPS) is 19.7. The summed E-state index contributed by atoms with van der Waals surface area (Å²) in [5.74, 6) is -4.17. The maximum absolute atomic E-state index is 13.5. The summed E-state index contributed by atoms with van der Waals surface area (Å²) in [4.78, 5) is 73.5. The molecule has 1 aliphatic heterocycles. The molecular formula is C25H24F2N10O4. The number of anilines is 2. The Kier molecular flexibility index (Phi) is 6.00. The van der Waals surface area contributed by atoms with E-state index in [2.05, 4.69) is 30.2 Å². The molecule has 2 aliphatic rings. The highest BCUT2D eigenvalue weighted by atomic mass is 19.3. The zero-order valence-electron chi connectivity index (χ0n) is 22.2. The van der Waals surface area contributed by atoms with Gasteiger partial charge in [-0.15, -0.1) is 0 Å². The van der Waals surface area contributed by atoms with Crippen LogP contribution < -0.4 is 21.5 Å². The molecule has 4 aromatic heterocycles. The summed E-state index contributed by atoms with van der Waals surface area (Å²) in [5, 5.41) is 2.65. The minimum Gasteiger partial charge on any atom is -0.354 e. The summed E-state index contributed by atoms with van der Waals surface area (Å²) in [6, 6.07) is -0.959. The molecule has 41 heavy (non-hydrogen) atoms. The third-order valence-corrected chi connectivity index (χ3v) is 7.55. The van der Waals surface area contributed by atoms with Crippen LogP contribution >= 0.6 is 0 Å². The Balaban J connectivity index is 1.20. The van der Waals surface area contributed by atoms with Gasteiger partial charge in [-0.25, -0.2) is 33.5 Å². The van der Waals surface area contributed by atoms with Gasteiger partial charge in [-0.2, -0.15) is 0 Å². The second-order valence-electron chi connectivity index (χ2n) is 10.3. The Hall–Kier alpha value is -4.89. The summed E-state index contributed by atoms with van der Waals surface area (Å²) in [6.45, 7) is 2.86. The van der Waals surface area contributed by atoms with Crippen LogP contribution in [0.5, 0.6) is 0 Å². The largest absolute Gasteiger partial charge is 0.354 e. The van der Waals surface area contributed by atoms with Gasteiger partial charge in [-0.3, -0.25) is 28.5 Å². The van der Waals surface area contributed by atoms with Gasteiger partial charge in [-0.1, -0.05) is 0 Å². The van der Waals surface area contributed by atoms with Crippen LogP contribution in [-0.2, 0) is 23.2 Å². The number of alkyl halides is 2. The number of aryl methyl sites for hydroxylation is 1. The average molecular weight is 567 g/mol. The fourth-order valence-electron chi connectivity index (χ4n) is 5.16. The van der Waals surface area contributed by atoms with Crippen LogP contribution in [0.4, 0.5) is 20.4 Å². The van der Waals surface area contributed by atoms with E-state index in [1.807, 2.05) is 0 Å². The number of amides is 1. The zero-order chi connectivity index (χ0) is 29.2. The molecule has 1 saturated carbocycles. The Morgan fingerprint density at radius 3 is 2.46 bits per heavy atom. The minimum absolute atomic E-state index is 0.00905. The quantitative estimate of drug-likeness (QED) is 0.336. The van der Waals surface area contributed by atoms with Gasteiger partial charge in [0.2, 0.25) is 5.91 Å². The molecule has 212 valence electrons. The van der Waals surface area contributed by atoms with E-state index in [0.29, 0.717) is 17.2 Å². The first-order valence-electron chi connectivity index (χ1n) is 12.7. The highest BCUT2D eigenvalue weighted by molar-refractivity contribution is 5.93. The van der Waals surface area contributed by atoms with Gasteiger partial charge in [0, 0.05) is 20.1 Å². The number of imidazole rings is 1. The lowest BCUT2D eigenvalue weighted by molar-refractivity contribution is -0.119. The summed E-state index contributed by atoms with van der Waals surface area (Å²) in [5.41, 5.74) is -0.679. The predicted octanol–water partition coefficient (Wildman–Crippen LogP) is 0.634. The van der Waals surface area contributed by atoms with Crippen LogP contribution in [0.15, 0.2) is 40.7 Å². The molecule has 16 heteroatoms. The number of nitrogens with zero attached hydrogens (tertiary/aromatic N) is 9. The van der Waals surface area contributed by atoms with Gasteiger partial charge >= 0.3 is 5.69 Å². The van der Waals surface area contributed by atoms with E-state index in [9.17, 15) is 28.0 Å². The predicted molar refractivity (Wildman–Crippen MR) is 140 cm³/mol. The van der Waals surface area contributed by atoms with E-state index in [-0.39, 0.29) is 35.9 Å². The van der Waals surface area contributed by atoms with E-state index in [0.717, 1.165) is 9.13 Å². The zero-order valence-corrected chi connectivity index (χ0v) is 22.2. The molecule has 3 atom stereocenters. The second kappa shape index (κ2) is 9.35. The molecule has 1 aliphatic carbocycles. The number of fused-ring (bicyclic) bond motifs is 2. The smallest absolute Gasteiger partial charge is 0.332 e. The molecular weight excluding hydrogens is 542 g/mol. The van der Waals surface area contributed by atoms with Crippen LogP contribution in [0.3, 0.4) is 0 Å². The van der Waals surface area contributed by atoms with Gasteiger partial charge in [0.05, 0.1) is 49.5 Å². The molecule has 1 saturated heterocycles. The fraction of sp³-hybridized carbons (Fsp3) is 0.400. The Bertz CT molecular complexity index is 1820. The van der Waals surface area contributed by atoms with Crippen molar-refractivity contribution in [1.82, 2.24) is 38.6 Å². The summed E-state index contributed by atoms with van der Waals surface area (Å²) in [7, 11) is 1.42. The lowest BCUT2D eigenvalue weighted by atomic mass is 10.3. The Labute approximate surface area is 229 Å². The third kappa shape index (κ3) is 4.35. The van der Waals surface area contributed by atoms with Gasteiger partial charge < -0.3 is 14.8 Å². The number of piperidine rings is 1. The van der Waals surface area contributed by atoms with Gasteiger partial charge in [-0.05, 0) is 13.8 Å². The van der Waals surface area contributed by atoms with Crippen LogP contribution in [0, 0.1) is 11.8 Å².